The Bertz CT molecular complexity index is 604. The fourth-order valence-corrected chi connectivity index (χ4v) is 3.48. The van der Waals surface area contributed by atoms with Gasteiger partial charge in [0.2, 0.25) is 0 Å². The lowest BCUT2D eigenvalue weighted by Crippen LogP contribution is -2.46. The van der Waals surface area contributed by atoms with Crippen molar-refractivity contribution in [2.75, 3.05) is 18.8 Å². The minimum Gasteiger partial charge on any atom is -0.336 e. The summed E-state index contributed by atoms with van der Waals surface area (Å²) in [4.78, 5) is 24.3. The average molecular weight is 312 g/mol. The molecule has 0 atom stereocenters. The fraction of sp³-hybridized carbons (Fsp3) is 0.500. The van der Waals surface area contributed by atoms with E-state index in [2.05, 4.69) is 0 Å². The summed E-state index contributed by atoms with van der Waals surface area (Å²) in [7, 11) is 0. The van der Waals surface area contributed by atoms with E-state index in [0.29, 0.717) is 13.1 Å². The van der Waals surface area contributed by atoms with Crippen LogP contribution in [-0.4, -0.2) is 39.3 Å². The van der Waals surface area contributed by atoms with Crippen LogP contribution in [-0.2, 0) is 0 Å². The van der Waals surface area contributed by atoms with Gasteiger partial charge in [0.25, 0.3) is 11.6 Å². The maximum atomic E-state index is 14.2. The number of hydrogen-bond acceptors (Lipinski definition) is 4. The highest BCUT2D eigenvalue weighted by Gasteiger charge is 2.32. The Morgan fingerprint density at radius 2 is 2.14 bits per heavy atom. The molecule has 1 aliphatic heterocycles. The average Bonchev–Trinajstić information content (AvgIpc) is 2.39. The van der Waals surface area contributed by atoms with Crippen molar-refractivity contribution in [2.45, 2.75) is 25.5 Å². The van der Waals surface area contributed by atoms with Crippen LogP contribution in [0.4, 0.5) is 10.1 Å². The molecule has 1 aliphatic rings. The van der Waals surface area contributed by atoms with Crippen LogP contribution in [0.25, 0.3) is 0 Å². The lowest BCUT2D eigenvalue weighted by atomic mass is 10.1. The van der Waals surface area contributed by atoms with Crippen LogP contribution in [0.1, 0.15) is 29.8 Å². The minimum absolute atomic E-state index is 0.0971. The van der Waals surface area contributed by atoms with Crippen LogP contribution in [0, 0.1) is 22.9 Å². The summed E-state index contributed by atoms with van der Waals surface area (Å²) in [6.07, 6.45) is 0. The number of carbonyl (C=O) groups is 1. The van der Waals surface area contributed by atoms with Crippen LogP contribution in [0.3, 0.4) is 0 Å². The molecule has 0 radical (unpaired) electrons. The first kappa shape index (κ1) is 15.8. The Morgan fingerprint density at radius 3 is 2.71 bits per heavy atom. The lowest BCUT2D eigenvalue weighted by molar-refractivity contribution is -0.385. The Morgan fingerprint density at radius 1 is 1.48 bits per heavy atom. The quantitative estimate of drug-likeness (QED) is 0.622. The molecule has 2 rings (SSSR count). The van der Waals surface area contributed by atoms with Crippen molar-refractivity contribution >= 4 is 23.4 Å². The van der Waals surface area contributed by atoms with Gasteiger partial charge >= 0.3 is 0 Å². The Kier molecular flexibility index (Phi) is 4.22. The maximum Gasteiger partial charge on any atom is 0.270 e. The monoisotopic (exact) mass is 312 g/mol. The van der Waals surface area contributed by atoms with Gasteiger partial charge in [0, 0.05) is 35.7 Å². The second-order valence-electron chi connectivity index (χ2n) is 5.72. The number of nitro benzene ring substituents is 1. The summed E-state index contributed by atoms with van der Waals surface area (Å²) in [6.45, 7) is 6.49. The van der Waals surface area contributed by atoms with E-state index >= 15 is 0 Å². The van der Waals surface area contributed by atoms with Gasteiger partial charge in [0.05, 0.1) is 10.5 Å². The molecule has 1 saturated heterocycles. The van der Waals surface area contributed by atoms with Crippen molar-refractivity contribution in [2.24, 2.45) is 0 Å². The van der Waals surface area contributed by atoms with Crippen molar-refractivity contribution in [3.05, 3.63) is 39.2 Å². The number of aryl methyl sites for hydroxylation is 1. The van der Waals surface area contributed by atoms with Gasteiger partial charge in [0.1, 0.15) is 5.82 Å². The number of thioether (sulfide) groups is 1. The van der Waals surface area contributed by atoms with Crippen LogP contribution in [0.5, 0.6) is 0 Å². The number of benzene rings is 1. The summed E-state index contributed by atoms with van der Waals surface area (Å²) < 4.78 is 14.1. The van der Waals surface area contributed by atoms with E-state index in [0.717, 1.165) is 17.9 Å². The minimum atomic E-state index is -0.679. The first-order valence-electron chi connectivity index (χ1n) is 6.59. The molecule has 5 nitrogen and oxygen atoms in total. The van der Waals surface area contributed by atoms with Crippen molar-refractivity contribution in [1.82, 2.24) is 4.90 Å². The van der Waals surface area contributed by atoms with Gasteiger partial charge in [-0.1, -0.05) is 0 Å². The number of amides is 1. The van der Waals surface area contributed by atoms with E-state index in [1.807, 2.05) is 13.8 Å². The molecular formula is C14H17FN2O3S. The highest BCUT2D eigenvalue weighted by molar-refractivity contribution is 8.00. The van der Waals surface area contributed by atoms with E-state index in [4.69, 9.17) is 0 Å². The molecule has 114 valence electrons. The molecule has 0 aromatic heterocycles. The van der Waals surface area contributed by atoms with Gasteiger partial charge in [-0.3, -0.25) is 14.9 Å². The van der Waals surface area contributed by atoms with E-state index in [1.165, 1.54) is 6.92 Å². The Hall–Kier alpha value is -1.63. The molecule has 0 saturated carbocycles. The molecule has 1 heterocycles. The Labute approximate surface area is 126 Å². The smallest absolute Gasteiger partial charge is 0.270 e. The van der Waals surface area contributed by atoms with Crippen molar-refractivity contribution < 1.29 is 14.1 Å². The first-order chi connectivity index (χ1) is 9.71. The van der Waals surface area contributed by atoms with Crippen LogP contribution >= 0.6 is 11.8 Å². The molecule has 0 aliphatic carbocycles. The standard InChI is InChI=1S/C14H17FN2O3S/c1-9-6-10(17(19)20)7-11(12(9)15)13(18)16-4-5-21-14(2,3)8-16/h6-7H,4-5,8H2,1-3H3. The summed E-state index contributed by atoms with van der Waals surface area (Å²) in [5.74, 6) is -0.386. The number of carbonyl (C=O) groups excluding carboxylic acids is 1. The van der Waals surface area contributed by atoms with Gasteiger partial charge in [-0.15, -0.1) is 0 Å². The van der Waals surface area contributed by atoms with Crippen LogP contribution in [0.15, 0.2) is 12.1 Å². The summed E-state index contributed by atoms with van der Waals surface area (Å²) in [6, 6.07) is 2.17. The number of nitrogens with zero attached hydrogens (tertiary/aromatic N) is 2. The predicted octanol–water partition coefficient (Wildman–Crippen LogP) is 3.01. The van der Waals surface area contributed by atoms with Crippen molar-refractivity contribution in [1.29, 1.82) is 0 Å². The van der Waals surface area contributed by atoms with Crippen molar-refractivity contribution in [3.8, 4) is 0 Å². The molecule has 0 bridgehead atoms. The summed E-state index contributed by atoms with van der Waals surface area (Å²) >= 11 is 1.76. The van der Waals surface area contributed by atoms with Gasteiger partial charge in [-0.05, 0) is 26.3 Å². The highest BCUT2D eigenvalue weighted by atomic mass is 32.2. The predicted molar refractivity (Wildman–Crippen MR) is 80.2 cm³/mol. The number of hydrogen-bond donors (Lipinski definition) is 0. The molecule has 0 spiro atoms. The number of rotatable bonds is 2. The molecule has 7 heteroatoms. The third-order valence-electron chi connectivity index (χ3n) is 3.39. The van der Waals surface area contributed by atoms with E-state index in [-0.39, 0.29) is 21.6 Å². The molecule has 1 aromatic carbocycles. The normalized spacial score (nSPS) is 17.6. The number of halogens is 1. The van der Waals surface area contributed by atoms with Gasteiger partial charge in [-0.25, -0.2) is 4.39 Å². The SMILES string of the molecule is Cc1cc([N+](=O)[O-])cc(C(=O)N2CCSC(C)(C)C2)c1F. The molecule has 0 N–H and O–H groups in total. The van der Waals surface area contributed by atoms with Crippen molar-refractivity contribution in [3.63, 3.8) is 0 Å². The zero-order chi connectivity index (χ0) is 15.8. The summed E-state index contributed by atoms with van der Waals surface area (Å²) in [5, 5.41) is 10.9. The molecule has 1 amide bonds. The van der Waals surface area contributed by atoms with E-state index < -0.39 is 16.6 Å². The highest BCUT2D eigenvalue weighted by Crippen LogP contribution is 2.31. The fourth-order valence-electron chi connectivity index (χ4n) is 2.37. The molecule has 0 unspecified atom stereocenters. The maximum absolute atomic E-state index is 14.2. The Balaban J connectivity index is 2.36. The molecule has 1 aromatic rings. The van der Waals surface area contributed by atoms with Gasteiger partial charge in [0.15, 0.2) is 0 Å². The lowest BCUT2D eigenvalue weighted by Gasteiger charge is -2.37. The molecule has 1 fully saturated rings. The second-order valence-corrected chi connectivity index (χ2v) is 7.52. The molecule has 21 heavy (non-hydrogen) atoms. The first-order valence-corrected chi connectivity index (χ1v) is 7.57. The number of non-ortho nitro benzene ring substituents is 1. The van der Waals surface area contributed by atoms with E-state index in [9.17, 15) is 19.3 Å². The van der Waals surface area contributed by atoms with Gasteiger partial charge in [-0.2, -0.15) is 11.8 Å². The zero-order valence-corrected chi connectivity index (χ0v) is 13.0. The second kappa shape index (κ2) is 5.63. The third kappa shape index (κ3) is 3.34. The molecular weight excluding hydrogens is 295 g/mol. The topological polar surface area (TPSA) is 63.5 Å². The van der Waals surface area contributed by atoms with Crippen LogP contribution < -0.4 is 0 Å². The third-order valence-corrected chi connectivity index (χ3v) is 4.69. The summed E-state index contributed by atoms with van der Waals surface area (Å²) in [5.41, 5.74) is -0.370. The van der Waals surface area contributed by atoms with E-state index in [1.54, 1.807) is 16.7 Å². The zero-order valence-electron chi connectivity index (χ0n) is 12.2. The van der Waals surface area contributed by atoms with Gasteiger partial charge < -0.3 is 4.90 Å². The number of nitro groups is 1. The van der Waals surface area contributed by atoms with Crippen LogP contribution in [0.2, 0.25) is 0 Å². The largest absolute Gasteiger partial charge is 0.336 e.